The van der Waals surface area contributed by atoms with Gasteiger partial charge in [-0.3, -0.25) is 0 Å². The summed E-state index contributed by atoms with van der Waals surface area (Å²) >= 11 is 5.85. The van der Waals surface area contributed by atoms with Crippen LogP contribution in [0.25, 0.3) is 0 Å². The molecule has 1 rings (SSSR count). The van der Waals surface area contributed by atoms with Gasteiger partial charge in [-0.2, -0.15) is 0 Å². The zero-order chi connectivity index (χ0) is 8.97. The van der Waals surface area contributed by atoms with Crippen LogP contribution in [0.4, 0.5) is 0 Å². The second-order valence-electron chi connectivity index (χ2n) is 3.02. The van der Waals surface area contributed by atoms with E-state index in [1.54, 1.807) is 0 Å². The van der Waals surface area contributed by atoms with E-state index in [9.17, 15) is 0 Å². The van der Waals surface area contributed by atoms with Gasteiger partial charge in [-0.15, -0.1) is 12.4 Å². The largest absolute Gasteiger partial charge is 0.317 e. The van der Waals surface area contributed by atoms with E-state index in [0.717, 1.165) is 11.4 Å². The van der Waals surface area contributed by atoms with Gasteiger partial charge in [0.25, 0.3) is 0 Å². The van der Waals surface area contributed by atoms with Crippen molar-refractivity contribution in [3.63, 3.8) is 0 Å². The van der Waals surface area contributed by atoms with E-state index in [4.69, 9.17) is 11.6 Å². The summed E-state index contributed by atoms with van der Waals surface area (Å²) in [7, 11) is 1.97. The molecule has 74 valence electrons. The van der Waals surface area contributed by atoms with E-state index in [1.807, 2.05) is 25.2 Å². The molecule has 1 unspecified atom stereocenters. The molecule has 13 heavy (non-hydrogen) atoms. The molecular formula is C10H15Cl2N. The van der Waals surface area contributed by atoms with Gasteiger partial charge in [0.15, 0.2) is 0 Å². The monoisotopic (exact) mass is 219 g/mol. The first-order valence-electron chi connectivity index (χ1n) is 4.14. The number of hydrogen-bond acceptors (Lipinski definition) is 1. The lowest BCUT2D eigenvalue weighted by atomic mass is 10.1. The Morgan fingerprint density at radius 2 is 2.15 bits per heavy atom. The molecule has 0 amide bonds. The van der Waals surface area contributed by atoms with Crippen molar-refractivity contribution in [3.05, 3.63) is 34.9 Å². The van der Waals surface area contributed by atoms with Crippen molar-refractivity contribution in [1.29, 1.82) is 0 Å². The van der Waals surface area contributed by atoms with E-state index in [1.165, 1.54) is 5.56 Å². The van der Waals surface area contributed by atoms with Crippen LogP contribution in [0.15, 0.2) is 24.3 Å². The summed E-state index contributed by atoms with van der Waals surface area (Å²) in [5, 5.41) is 4.01. The number of rotatable bonds is 3. The maximum Gasteiger partial charge on any atom is 0.0408 e. The minimum Gasteiger partial charge on any atom is -0.317 e. The highest BCUT2D eigenvalue weighted by atomic mass is 35.5. The summed E-state index contributed by atoms with van der Waals surface area (Å²) < 4.78 is 0. The maximum atomic E-state index is 5.85. The Labute approximate surface area is 90.9 Å². The molecule has 0 aromatic heterocycles. The van der Waals surface area contributed by atoms with Gasteiger partial charge in [0.1, 0.15) is 0 Å². The van der Waals surface area contributed by atoms with Gasteiger partial charge in [0.2, 0.25) is 0 Å². The van der Waals surface area contributed by atoms with Gasteiger partial charge < -0.3 is 5.32 Å². The molecule has 0 radical (unpaired) electrons. The molecule has 1 atom stereocenters. The molecule has 0 aliphatic carbocycles. The van der Waals surface area contributed by atoms with Crippen LogP contribution in [-0.4, -0.2) is 13.1 Å². The fourth-order valence-electron chi connectivity index (χ4n) is 1.12. The van der Waals surface area contributed by atoms with Crippen LogP contribution in [0, 0.1) is 0 Å². The van der Waals surface area contributed by atoms with E-state index >= 15 is 0 Å². The van der Waals surface area contributed by atoms with Gasteiger partial charge in [-0.25, -0.2) is 0 Å². The Balaban J connectivity index is 0.00000144. The fourth-order valence-corrected chi connectivity index (χ4v) is 1.33. The molecule has 0 saturated carbocycles. The highest BCUT2D eigenvalue weighted by molar-refractivity contribution is 6.30. The van der Waals surface area contributed by atoms with E-state index in [2.05, 4.69) is 18.3 Å². The fraction of sp³-hybridized carbons (Fsp3) is 0.400. The normalized spacial score (nSPS) is 11.9. The predicted octanol–water partition coefficient (Wildman–Crippen LogP) is 2.91. The lowest BCUT2D eigenvalue weighted by Crippen LogP contribution is -2.23. The summed E-state index contributed by atoms with van der Waals surface area (Å²) in [6.45, 7) is 2.15. The van der Waals surface area contributed by atoms with Crippen molar-refractivity contribution < 1.29 is 0 Å². The third-order valence-corrected chi connectivity index (χ3v) is 2.16. The van der Waals surface area contributed by atoms with Crippen molar-refractivity contribution in [3.8, 4) is 0 Å². The molecule has 0 spiro atoms. The summed E-state index contributed by atoms with van der Waals surface area (Å²) in [6.07, 6.45) is 1.02. The minimum absolute atomic E-state index is 0. The number of likely N-dealkylation sites (N-methyl/N-ethyl adjacent to an activating group) is 1. The molecule has 3 heteroatoms. The third kappa shape index (κ3) is 4.51. The SMILES string of the molecule is CNC(C)Cc1cccc(Cl)c1.Cl. The van der Waals surface area contributed by atoms with Gasteiger partial charge >= 0.3 is 0 Å². The summed E-state index contributed by atoms with van der Waals surface area (Å²) in [6, 6.07) is 8.49. The lowest BCUT2D eigenvalue weighted by Gasteiger charge is -2.09. The van der Waals surface area contributed by atoms with Gasteiger partial charge in [0.05, 0.1) is 0 Å². The lowest BCUT2D eigenvalue weighted by molar-refractivity contribution is 0.608. The number of halogens is 2. The maximum absolute atomic E-state index is 5.85. The van der Waals surface area contributed by atoms with Crippen LogP contribution in [0.1, 0.15) is 12.5 Å². The zero-order valence-electron chi connectivity index (χ0n) is 7.88. The van der Waals surface area contributed by atoms with E-state index in [0.29, 0.717) is 6.04 Å². The van der Waals surface area contributed by atoms with Crippen molar-refractivity contribution in [2.75, 3.05) is 7.05 Å². The minimum atomic E-state index is 0. The topological polar surface area (TPSA) is 12.0 Å². The summed E-state index contributed by atoms with van der Waals surface area (Å²) in [4.78, 5) is 0. The highest BCUT2D eigenvalue weighted by Gasteiger charge is 1.99. The molecule has 0 saturated heterocycles. The first kappa shape index (κ1) is 12.8. The van der Waals surface area contributed by atoms with Crippen molar-refractivity contribution in [1.82, 2.24) is 5.32 Å². The second kappa shape index (κ2) is 6.25. The standard InChI is InChI=1S/C10H14ClN.ClH/c1-8(12-2)6-9-4-3-5-10(11)7-9;/h3-5,7-8,12H,6H2,1-2H3;1H. The van der Waals surface area contributed by atoms with E-state index in [-0.39, 0.29) is 12.4 Å². The molecule has 0 aliphatic heterocycles. The van der Waals surface area contributed by atoms with Crippen LogP contribution >= 0.6 is 24.0 Å². The van der Waals surface area contributed by atoms with Crippen LogP contribution in [0.2, 0.25) is 5.02 Å². The average Bonchev–Trinajstić information content (AvgIpc) is 2.04. The van der Waals surface area contributed by atoms with Gasteiger partial charge in [-0.1, -0.05) is 23.7 Å². The molecule has 0 fully saturated rings. The molecule has 0 heterocycles. The smallest absolute Gasteiger partial charge is 0.0408 e. The number of hydrogen-bond donors (Lipinski definition) is 1. The molecule has 0 bridgehead atoms. The molecule has 1 aromatic carbocycles. The second-order valence-corrected chi connectivity index (χ2v) is 3.46. The molecule has 0 aliphatic rings. The zero-order valence-corrected chi connectivity index (χ0v) is 9.45. The Bertz CT molecular complexity index is 250. The van der Waals surface area contributed by atoms with Crippen LogP contribution in [-0.2, 0) is 6.42 Å². The summed E-state index contributed by atoms with van der Waals surface area (Å²) in [5.41, 5.74) is 1.28. The third-order valence-electron chi connectivity index (χ3n) is 1.92. The van der Waals surface area contributed by atoms with Crippen molar-refractivity contribution in [2.45, 2.75) is 19.4 Å². The van der Waals surface area contributed by atoms with Crippen molar-refractivity contribution in [2.24, 2.45) is 0 Å². The Morgan fingerprint density at radius 1 is 1.46 bits per heavy atom. The highest BCUT2D eigenvalue weighted by Crippen LogP contribution is 2.11. The van der Waals surface area contributed by atoms with Gasteiger partial charge in [0, 0.05) is 11.1 Å². The van der Waals surface area contributed by atoms with Crippen LogP contribution < -0.4 is 5.32 Å². The van der Waals surface area contributed by atoms with E-state index < -0.39 is 0 Å². The first-order chi connectivity index (χ1) is 5.72. The van der Waals surface area contributed by atoms with Crippen LogP contribution in [0.5, 0.6) is 0 Å². The van der Waals surface area contributed by atoms with Crippen LogP contribution in [0.3, 0.4) is 0 Å². The first-order valence-corrected chi connectivity index (χ1v) is 4.52. The molecule has 1 N–H and O–H groups in total. The Hall–Kier alpha value is -0.240. The van der Waals surface area contributed by atoms with Gasteiger partial charge in [-0.05, 0) is 38.1 Å². The van der Waals surface area contributed by atoms with Crippen molar-refractivity contribution >= 4 is 24.0 Å². The Morgan fingerprint density at radius 3 is 2.69 bits per heavy atom. The Kier molecular flexibility index (Phi) is 6.13. The molecular weight excluding hydrogens is 205 g/mol. The molecule has 1 nitrogen and oxygen atoms in total. The number of nitrogens with one attached hydrogen (secondary N) is 1. The predicted molar refractivity (Wildman–Crippen MR) is 60.9 cm³/mol. The average molecular weight is 220 g/mol. The molecule has 1 aromatic rings. The quantitative estimate of drug-likeness (QED) is 0.825. The number of benzene rings is 1. The summed E-state index contributed by atoms with van der Waals surface area (Å²) in [5.74, 6) is 0.